The number of anilines is 1. The van der Waals surface area contributed by atoms with E-state index in [-0.39, 0.29) is 11.7 Å². The zero-order valence-corrected chi connectivity index (χ0v) is 19.2. The van der Waals surface area contributed by atoms with Crippen LogP contribution in [0.4, 0.5) is 5.69 Å². The SMILES string of the molecule is C=CCOc1ccc(OCCCNCCc2ccc(OC)c(OC)c2O)c2c1NC(=O)CC2. The van der Waals surface area contributed by atoms with Crippen LogP contribution in [0.15, 0.2) is 36.9 Å². The van der Waals surface area contributed by atoms with Crippen molar-refractivity contribution in [3.8, 4) is 28.7 Å². The second kappa shape index (κ2) is 12.0. The molecule has 2 aromatic rings. The predicted octanol–water partition coefficient (Wildman–Crippen LogP) is 3.46. The van der Waals surface area contributed by atoms with Gasteiger partial charge in [0, 0.05) is 12.0 Å². The fourth-order valence-electron chi connectivity index (χ4n) is 3.72. The Labute approximate surface area is 194 Å². The first-order valence-electron chi connectivity index (χ1n) is 11.0. The maximum absolute atomic E-state index is 11.9. The molecule has 0 atom stereocenters. The Hall–Kier alpha value is -3.39. The highest BCUT2D eigenvalue weighted by molar-refractivity contribution is 5.96. The third-order valence-corrected chi connectivity index (χ3v) is 5.38. The number of hydrogen-bond acceptors (Lipinski definition) is 7. The van der Waals surface area contributed by atoms with Gasteiger partial charge in [-0.25, -0.2) is 0 Å². The Morgan fingerprint density at radius 1 is 1.06 bits per heavy atom. The molecule has 8 nitrogen and oxygen atoms in total. The topological polar surface area (TPSA) is 98.3 Å². The van der Waals surface area contributed by atoms with Crippen LogP contribution in [0.25, 0.3) is 0 Å². The minimum atomic E-state index is -0.0205. The van der Waals surface area contributed by atoms with E-state index >= 15 is 0 Å². The fourth-order valence-corrected chi connectivity index (χ4v) is 3.72. The van der Waals surface area contributed by atoms with Gasteiger partial charge in [-0.1, -0.05) is 18.7 Å². The van der Waals surface area contributed by atoms with Crippen LogP contribution in [-0.4, -0.2) is 51.5 Å². The Kier molecular flexibility index (Phi) is 8.83. The van der Waals surface area contributed by atoms with Crippen molar-refractivity contribution in [1.82, 2.24) is 5.32 Å². The highest BCUT2D eigenvalue weighted by atomic mass is 16.5. The summed E-state index contributed by atoms with van der Waals surface area (Å²) in [6, 6.07) is 7.34. The molecule has 1 amide bonds. The summed E-state index contributed by atoms with van der Waals surface area (Å²) in [5.74, 6) is 2.35. The molecule has 0 aliphatic carbocycles. The molecule has 0 saturated heterocycles. The average Bonchev–Trinajstić information content (AvgIpc) is 2.83. The van der Waals surface area contributed by atoms with E-state index in [1.165, 1.54) is 14.2 Å². The normalized spacial score (nSPS) is 12.5. The highest BCUT2D eigenvalue weighted by Crippen LogP contribution is 2.40. The molecule has 1 aliphatic rings. The minimum absolute atomic E-state index is 0.0205. The number of amides is 1. The molecule has 0 radical (unpaired) electrons. The number of aromatic hydroxyl groups is 1. The molecule has 3 rings (SSSR count). The molecule has 0 unspecified atom stereocenters. The van der Waals surface area contributed by atoms with Crippen LogP contribution in [0.1, 0.15) is 24.0 Å². The summed E-state index contributed by atoms with van der Waals surface area (Å²) in [6.07, 6.45) is 4.19. The Balaban J connectivity index is 1.46. The lowest BCUT2D eigenvalue weighted by molar-refractivity contribution is -0.116. The number of hydrogen-bond donors (Lipinski definition) is 3. The fraction of sp³-hybridized carbons (Fsp3) is 0.400. The van der Waals surface area contributed by atoms with Gasteiger partial charge in [-0.2, -0.15) is 0 Å². The summed E-state index contributed by atoms with van der Waals surface area (Å²) in [5, 5.41) is 16.6. The monoisotopic (exact) mass is 456 g/mol. The number of phenolic OH excluding ortho intramolecular Hbond substituents is 1. The van der Waals surface area contributed by atoms with E-state index in [9.17, 15) is 9.90 Å². The summed E-state index contributed by atoms with van der Waals surface area (Å²) in [7, 11) is 3.05. The molecule has 0 fully saturated rings. The summed E-state index contributed by atoms with van der Waals surface area (Å²) in [4.78, 5) is 11.9. The van der Waals surface area contributed by atoms with E-state index in [1.807, 2.05) is 18.2 Å². The van der Waals surface area contributed by atoms with Crippen LogP contribution in [0.3, 0.4) is 0 Å². The molecule has 0 bridgehead atoms. The lowest BCUT2D eigenvalue weighted by Crippen LogP contribution is -2.22. The number of benzene rings is 2. The van der Waals surface area contributed by atoms with Crippen LogP contribution >= 0.6 is 0 Å². The first-order chi connectivity index (χ1) is 16.1. The second-order valence-corrected chi connectivity index (χ2v) is 7.57. The number of carbonyl (C=O) groups is 1. The maximum atomic E-state index is 11.9. The quantitative estimate of drug-likeness (QED) is 0.314. The van der Waals surface area contributed by atoms with Crippen molar-refractivity contribution in [2.45, 2.75) is 25.7 Å². The van der Waals surface area contributed by atoms with Crippen molar-refractivity contribution >= 4 is 11.6 Å². The van der Waals surface area contributed by atoms with Crippen LogP contribution in [0.2, 0.25) is 0 Å². The zero-order chi connectivity index (χ0) is 23.6. The number of ether oxygens (including phenoxy) is 4. The number of phenols is 1. The Morgan fingerprint density at radius 2 is 1.85 bits per heavy atom. The van der Waals surface area contributed by atoms with Gasteiger partial charge in [0.25, 0.3) is 0 Å². The van der Waals surface area contributed by atoms with Crippen LogP contribution < -0.4 is 29.6 Å². The van der Waals surface area contributed by atoms with Gasteiger partial charge < -0.3 is 34.7 Å². The van der Waals surface area contributed by atoms with Gasteiger partial charge in [-0.3, -0.25) is 4.79 Å². The molecule has 1 aliphatic heterocycles. The summed E-state index contributed by atoms with van der Waals surface area (Å²) < 4.78 is 22.1. The average molecular weight is 457 g/mol. The molecule has 8 heteroatoms. The number of methoxy groups -OCH3 is 2. The van der Waals surface area contributed by atoms with Gasteiger partial charge in [0.05, 0.1) is 26.5 Å². The molecule has 0 aromatic heterocycles. The van der Waals surface area contributed by atoms with E-state index in [2.05, 4.69) is 17.2 Å². The number of nitrogens with one attached hydrogen (secondary N) is 2. The minimum Gasteiger partial charge on any atom is -0.504 e. The summed E-state index contributed by atoms with van der Waals surface area (Å²) >= 11 is 0. The molecule has 3 N–H and O–H groups in total. The first-order valence-corrected chi connectivity index (χ1v) is 11.0. The highest BCUT2D eigenvalue weighted by Gasteiger charge is 2.22. The van der Waals surface area contributed by atoms with Crippen molar-refractivity contribution in [3.05, 3.63) is 48.0 Å². The molecule has 2 aromatic carbocycles. The standard InChI is InChI=1S/C25H32N2O6/c1-4-15-32-20-10-9-19(18-7-11-22(28)27-23(18)20)33-16-5-13-26-14-12-17-6-8-21(30-2)25(31-3)24(17)29/h4,6,8-10,26,29H,1,5,7,11-16H2,2-3H3,(H,27,28). The number of carbonyl (C=O) groups excluding carboxylic acids is 1. The molecule has 0 spiro atoms. The first kappa shape index (κ1) is 24.3. The molecule has 0 saturated carbocycles. The van der Waals surface area contributed by atoms with E-state index in [4.69, 9.17) is 18.9 Å². The zero-order valence-electron chi connectivity index (χ0n) is 19.2. The van der Waals surface area contributed by atoms with E-state index in [0.29, 0.717) is 62.0 Å². The lowest BCUT2D eigenvalue weighted by atomic mass is 10.0. The summed E-state index contributed by atoms with van der Waals surface area (Å²) in [5.41, 5.74) is 2.45. The van der Waals surface area contributed by atoms with Crippen LogP contribution in [-0.2, 0) is 17.6 Å². The Morgan fingerprint density at radius 3 is 2.61 bits per heavy atom. The van der Waals surface area contributed by atoms with Crippen molar-refractivity contribution in [2.75, 3.05) is 45.8 Å². The molecule has 33 heavy (non-hydrogen) atoms. The number of rotatable bonds is 13. The third-order valence-electron chi connectivity index (χ3n) is 5.38. The third kappa shape index (κ3) is 6.10. The van der Waals surface area contributed by atoms with Crippen LogP contribution in [0, 0.1) is 0 Å². The van der Waals surface area contributed by atoms with Crippen LogP contribution in [0.5, 0.6) is 28.7 Å². The van der Waals surface area contributed by atoms with Crippen molar-refractivity contribution < 1.29 is 28.8 Å². The van der Waals surface area contributed by atoms with Gasteiger partial charge in [-0.15, -0.1) is 0 Å². The smallest absolute Gasteiger partial charge is 0.224 e. The van der Waals surface area contributed by atoms with Crippen molar-refractivity contribution in [2.24, 2.45) is 0 Å². The van der Waals surface area contributed by atoms with Gasteiger partial charge in [0.2, 0.25) is 11.7 Å². The maximum Gasteiger partial charge on any atom is 0.224 e. The second-order valence-electron chi connectivity index (χ2n) is 7.57. The largest absolute Gasteiger partial charge is 0.504 e. The number of fused-ring (bicyclic) bond motifs is 1. The van der Waals surface area contributed by atoms with Gasteiger partial charge in [-0.05, 0) is 56.1 Å². The van der Waals surface area contributed by atoms with Crippen molar-refractivity contribution in [3.63, 3.8) is 0 Å². The van der Waals surface area contributed by atoms with E-state index in [0.717, 1.165) is 29.8 Å². The molecular formula is C25H32N2O6. The van der Waals surface area contributed by atoms with Crippen molar-refractivity contribution in [1.29, 1.82) is 0 Å². The van der Waals surface area contributed by atoms with Gasteiger partial charge >= 0.3 is 0 Å². The Bertz CT molecular complexity index is 976. The molecule has 178 valence electrons. The van der Waals surface area contributed by atoms with E-state index in [1.54, 1.807) is 12.1 Å². The van der Waals surface area contributed by atoms with E-state index < -0.39 is 0 Å². The molecular weight excluding hydrogens is 424 g/mol. The lowest BCUT2D eigenvalue weighted by Gasteiger charge is -2.23. The predicted molar refractivity (Wildman–Crippen MR) is 127 cm³/mol. The van der Waals surface area contributed by atoms with Gasteiger partial charge in [0.1, 0.15) is 18.1 Å². The molecule has 1 heterocycles. The summed E-state index contributed by atoms with van der Waals surface area (Å²) in [6.45, 7) is 6.05. The van der Waals surface area contributed by atoms with Gasteiger partial charge in [0.15, 0.2) is 11.5 Å².